The molecule has 2 rings (SSSR count). The molecule has 15 heavy (non-hydrogen) atoms. The van der Waals surface area contributed by atoms with Crippen LogP contribution in [0.1, 0.15) is 25.4 Å². The molecule has 0 saturated heterocycles. The largest absolute Gasteiger partial charge is 0.259 e. The predicted molar refractivity (Wildman–Crippen MR) is 56.4 cm³/mol. The second-order valence-corrected chi connectivity index (χ2v) is 4.20. The Hall–Kier alpha value is -1.65. The van der Waals surface area contributed by atoms with Gasteiger partial charge in [0.2, 0.25) is 0 Å². The van der Waals surface area contributed by atoms with Crippen molar-refractivity contribution >= 4 is 0 Å². The number of hydrogen-bond acceptors (Lipinski definition) is 3. The molecule has 0 spiro atoms. The van der Waals surface area contributed by atoms with E-state index in [2.05, 4.69) is 29.0 Å². The van der Waals surface area contributed by atoms with E-state index in [0.29, 0.717) is 0 Å². The summed E-state index contributed by atoms with van der Waals surface area (Å²) in [4.78, 5) is 4.26. The van der Waals surface area contributed by atoms with E-state index in [0.717, 1.165) is 11.5 Å². The van der Waals surface area contributed by atoms with Gasteiger partial charge in [-0.15, -0.1) is 0 Å². The van der Waals surface area contributed by atoms with Crippen LogP contribution in [0.25, 0.3) is 0 Å². The first kappa shape index (κ1) is 9.89. The smallest absolute Gasteiger partial charge is 0.177 e. The van der Waals surface area contributed by atoms with Crippen LogP contribution in [0.4, 0.5) is 0 Å². The first-order chi connectivity index (χ1) is 7.00. The third-order valence-corrected chi connectivity index (χ3v) is 2.44. The van der Waals surface area contributed by atoms with Crippen LogP contribution in [-0.2, 0) is 12.6 Å². The Morgan fingerprint density at radius 3 is 2.47 bits per heavy atom. The van der Waals surface area contributed by atoms with Gasteiger partial charge in [0, 0.05) is 13.2 Å². The van der Waals surface area contributed by atoms with E-state index in [9.17, 15) is 0 Å². The van der Waals surface area contributed by atoms with Crippen LogP contribution in [0.3, 0.4) is 0 Å². The monoisotopic (exact) mass is 205 g/mol. The summed E-state index contributed by atoms with van der Waals surface area (Å²) in [5, 5.41) is 8.71. The molecule has 80 valence electrons. The van der Waals surface area contributed by atoms with Gasteiger partial charge in [0.25, 0.3) is 0 Å². The molecule has 0 aromatic carbocycles. The molecule has 0 amide bonds. The molecule has 2 aromatic rings. The molecule has 5 heteroatoms. The lowest BCUT2D eigenvalue weighted by Gasteiger charge is -2.21. The number of aromatic nitrogens is 5. The molecule has 0 saturated carbocycles. The number of aryl methyl sites for hydroxylation is 2. The minimum absolute atomic E-state index is 0.310. The van der Waals surface area contributed by atoms with E-state index in [1.807, 2.05) is 30.9 Å². The zero-order valence-corrected chi connectivity index (χ0v) is 9.47. The average molecular weight is 205 g/mol. The minimum atomic E-state index is -0.310. The van der Waals surface area contributed by atoms with Gasteiger partial charge in [0.15, 0.2) is 5.82 Å². The molecule has 0 atom stereocenters. The summed E-state index contributed by atoms with van der Waals surface area (Å²) in [6.45, 7) is 6.07. The lowest BCUT2D eigenvalue weighted by atomic mass is 10.1. The Balaban J connectivity index is 2.42. The van der Waals surface area contributed by atoms with Gasteiger partial charge in [0.1, 0.15) is 11.9 Å². The van der Waals surface area contributed by atoms with E-state index in [1.165, 1.54) is 0 Å². The fourth-order valence-corrected chi connectivity index (χ4v) is 1.45. The van der Waals surface area contributed by atoms with Crippen molar-refractivity contribution in [3.05, 3.63) is 30.1 Å². The average Bonchev–Trinajstić information content (AvgIpc) is 2.74. The van der Waals surface area contributed by atoms with E-state index in [4.69, 9.17) is 0 Å². The van der Waals surface area contributed by atoms with E-state index in [-0.39, 0.29) is 5.54 Å². The van der Waals surface area contributed by atoms with E-state index < -0.39 is 0 Å². The van der Waals surface area contributed by atoms with Gasteiger partial charge in [-0.1, -0.05) is 0 Å². The van der Waals surface area contributed by atoms with E-state index >= 15 is 0 Å². The van der Waals surface area contributed by atoms with Crippen molar-refractivity contribution in [3.63, 3.8) is 0 Å². The molecule has 0 bridgehead atoms. The molecular weight excluding hydrogens is 190 g/mol. The van der Waals surface area contributed by atoms with E-state index in [1.54, 1.807) is 11.0 Å². The first-order valence-electron chi connectivity index (χ1n) is 4.89. The van der Waals surface area contributed by atoms with Crippen LogP contribution in [0.2, 0.25) is 0 Å². The Bertz CT molecular complexity index is 423. The SMILES string of the molecule is Cc1ccn(C(C)(C)c2ncn(C)n2)n1. The summed E-state index contributed by atoms with van der Waals surface area (Å²) in [5.41, 5.74) is 0.689. The molecule has 0 fully saturated rings. The number of rotatable bonds is 2. The molecule has 5 nitrogen and oxygen atoms in total. The Kier molecular flexibility index (Phi) is 2.10. The van der Waals surface area contributed by atoms with Crippen LogP contribution in [0, 0.1) is 6.92 Å². The number of hydrogen-bond donors (Lipinski definition) is 0. The maximum absolute atomic E-state index is 4.40. The fraction of sp³-hybridized carbons (Fsp3) is 0.500. The second kappa shape index (κ2) is 3.18. The Morgan fingerprint density at radius 1 is 1.27 bits per heavy atom. The molecule has 0 aliphatic carbocycles. The molecule has 0 unspecified atom stereocenters. The number of nitrogens with zero attached hydrogens (tertiary/aromatic N) is 5. The van der Waals surface area contributed by atoms with Crippen molar-refractivity contribution in [1.29, 1.82) is 0 Å². The van der Waals surface area contributed by atoms with Crippen molar-refractivity contribution < 1.29 is 0 Å². The topological polar surface area (TPSA) is 48.5 Å². The zero-order valence-electron chi connectivity index (χ0n) is 9.47. The van der Waals surface area contributed by atoms with Crippen molar-refractivity contribution in [1.82, 2.24) is 24.5 Å². The van der Waals surface area contributed by atoms with Crippen molar-refractivity contribution in [2.75, 3.05) is 0 Å². The summed E-state index contributed by atoms with van der Waals surface area (Å²) in [5.74, 6) is 0.771. The maximum Gasteiger partial charge on any atom is 0.177 e. The zero-order chi connectivity index (χ0) is 11.1. The van der Waals surface area contributed by atoms with Crippen LogP contribution in [-0.4, -0.2) is 24.5 Å². The van der Waals surface area contributed by atoms with Crippen LogP contribution < -0.4 is 0 Å². The van der Waals surface area contributed by atoms with Gasteiger partial charge < -0.3 is 0 Å². The molecule has 0 aliphatic heterocycles. The standard InChI is InChI=1S/C10H15N5/c1-8-5-6-15(12-8)10(2,3)9-11-7-14(4)13-9/h5-7H,1-4H3. The molecule has 0 radical (unpaired) electrons. The maximum atomic E-state index is 4.40. The Morgan fingerprint density at radius 2 is 2.00 bits per heavy atom. The normalized spacial score (nSPS) is 12.0. The van der Waals surface area contributed by atoms with Crippen molar-refractivity contribution in [2.24, 2.45) is 7.05 Å². The summed E-state index contributed by atoms with van der Waals surface area (Å²) in [6.07, 6.45) is 3.65. The summed E-state index contributed by atoms with van der Waals surface area (Å²) in [7, 11) is 1.86. The minimum Gasteiger partial charge on any atom is -0.259 e. The highest BCUT2D eigenvalue weighted by atomic mass is 15.4. The van der Waals surface area contributed by atoms with Gasteiger partial charge in [-0.05, 0) is 26.8 Å². The molecule has 0 aliphatic rings. The van der Waals surface area contributed by atoms with Crippen molar-refractivity contribution in [2.45, 2.75) is 26.3 Å². The lowest BCUT2D eigenvalue weighted by Crippen LogP contribution is -2.30. The summed E-state index contributed by atoms with van der Waals surface area (Å²) >= 11 is 0. The fourth-order valence-electron chi connectivity index (χ4n) is 1.45. The molecule has 2 heterocycles. The predicted octanol–water partition coefficient (Wildman–Crippen LogP) is 1.10. The quantitative estimate of drug-likeness (QED) is 0.737. The van der Waals surface area contributed by atoms with Crippen LogP contribution in [0.15, 0.2) is 18.6 Å². The van der Waals surface area contributed by atoms with Gasteiger partial charge in [-0.2, -0.15) is 10.2 Å². The highest BCUT2D eigenvalue weighted by molar-refractivity contribution is 5.06. The Labute approximate surface area is 88.7 Å². The summed E-state index contributed by atoms with van der Waals surface area (Å²) in [6, 6.07) is 1.98. The third kappa shape index (κ3) is 1.65. The second-order valence-electron chi connectivity index (χ2n) is 4.20. The molecular formula is C10H15N5. The van der Waals surface area contributed by atoms with Gasteiger partial charge >= 0.3 is 0 Å². The highest BCUT2D eigenvalue weighted by Crippen LogP contribution is 2.20. The summed E-state index contributed by atoms with van der Waals surface area (Å²) < 4.78 is 3.59. The third-order valence-electron chi connectivity index (χ3n) is 2.44. The first-order valence-corrected chi connectivity index (χ1v) is 4.89. The van der Waals surface area contributed by atoms with Crippen LogP contribution in [0.5, 0.6) is 0 Å². The van der Waals surface area contributed by atoms with Gasteiger partial charge in [-0.3, -0.25) is 9.36 Å². The van der Waals surface area contributed by atoms with Gasteiger partial charge in [0.05, 0.1) is 5.69 Å². The van der Waals surface area contributed by atoms with Crippen LogP contribution >= 0.6 is 0 Å². The highest BCUT2D eigenvalue weighted by Gasteiger charge is 2.27. The molecule has 2 aromatic heterocycles. The van der Waals surface area contributed by atoms with Gasteiger partial charge in [-0.25, -0.2) is 4.98 Å². The van der Waals surface area contributed by atoms with Crippen molar-refractivity contribution in [3.8, 4) is 0 Å². The lowest BCUT2D eigenvalue weighted by molar-refractivity contribution is 0.365. The molecule has 0 N–H and O–H groups in total.